The number of rotatable bonds is 5. The molecule has 1 atom stereocenters. The van der Waals surface area contributed by atoms with Crippen LogP contribution in [-0.2, 0) is 17.6 Å². The Morgan fingerprint density at radius 3 is 2.00 bits per heavy atom. The first kappa shape index (κ1) is 15.6. The molecule has 1 heterocycles. The molecule has 1 aromatic rings. The maximum absolute atomic E-state index is 11.3. The molecule has 0 aromatic heterocycles. The van der Waals surface area contributed by atoms with E-state index in [-0.39, 0.29) is 0 Å². The summed E-state index contributed by atoms with van der Waals surface area (Å²) in [5, 5.41) is 9.32. The van der Waals surface area contributed by atoms with E-state index in [1.807, 2.05) is 19.1 Å². The Labute approximate surface area is 125 Å². The SMILES string of the molecule is CC[C@@H](C(=O)O)N1CCc2cc(OC)c(OC)cc2CC1. The van der Waals surface area contributed by atoms with Gasteiger partial charge in [-0.1, -0.05) is 6.92 Å². The van der Waals surface area contributed by atoms with Crippen LogP contribution >= 0.6 is 0 Å². The Bertz CT molecular complexity index is 480. The zero-order chi connectivity index (χ0) is 15.4. The molecule has 0 amide bonds. The van der Waals surface area contributed by atoms with E-state index in [0.29, 0.717) is 6.42 Å². The molecular formula is C16H23NO4. The number of ether oxygens (including phenoxy) is 2. The van der Waals surface area contributed by atoms with Crippen molar-refractivity contribution in [1.82, 2.24) is 4.90 Å². The number of hydrogen-bond acceptors (Lipinski definition) is 4. The standard InChI is InChI=1S/C16H23NO4/c1-4-13(16(18)19)17-7-5-11-9-14(20-2)15(21-3)10-12(11)6-8-17/h9-10,13H,4-8H2,1-3H3,(H,18,19)/t13-/m0/s1. The Morgan fingerprint density at radius 1 is 1.19 bits per heavy atom. The van der Waals surface area contributed by atoms with Crippen LogP contribution in [0.25, 0.3) is 0 Å². The third kappa shape index (κ3) is 3.29. The van der Waals surface area contributed by atoms with Crippen molar-refractivity contribution in [2.75, 3.05) is 27.3 Å². The molecule has 5 nitrogen and oxygen atoms in total. The van der Waals surface area contributed by atoms with Crippen molar-refractivity contribution in [2.45, 2.75) is 32.2 Å². The van der Waals surface area contributed by atoms with Crippen LogP contribution in [0, 0.1) is 0 Å². The van der Waals surface area contributed by atoms with Gasteiger partial charge in [0.15, 0.2) is 11.5 Å². The molecule has 21 heavy (non-hydrogen) atoms. The molecule has 0 radical (unpaired) electrons. The van der Waals surface area contributed by atoms with Crippen molar-refractivity contribution < 1.29 is 19.4 Å². The van der Waals surface area contributed by atoms with Gasteiger partial charge in [0.2, 0.25) is 0 Å². The zero-order valence-corrected chi connectivity index (χ0v) is 12.9. The maximum Gasteiger partial charge on any atom is 0.320 e. The normalized spacial score (nSPS) is 16.7. The van der Waals surface area contributed by atoms with E-state index in [1.165, 1.54) is 11.1 Å². The highest BCUT2D eigenvalue weighted by atomic mass is 16.5. The molecule has 0 bridgehead atoms. The van der Waals surface area contributed by atoms with Gasteiger partial charge in [0.05, 0.1) is 14.2 Å². The Balaban J connectivity index is 2.22. The Hall–Kier alpha value is -1.75. The summed E-state index contributed by atoms with van der Waals surface area (Å²) in [6, 6.07) is 3.63. The van der Waals surface area contributed by atoms with E-state index >= 15 is 0 Å². The first-order valence-electron chi connectivity index (χ1n) is 7.31. The fourth-order valence-electron chi connectivity index (χ4n) is 2.97. The van der Waals surface area contributed by atoms with Crippen LogP contribution in [0.15, 0.2) is 12.1 Å². The third-order valence-corrected chi connectivity index (χ3v) is 4.16. The van der Waals surface area contributed by atoms with Crippen molar-refractivity contribution in [3.05, 3.63) is 23.3 Å². The molecule has 0 saturated carbocycles. The van der Waals surface area contributed by atoms with Crippen molar-refractivity contribution in [2.24, 2.45) is 0 Å². The molecule has 116 valence electrons. The fraction of sp³-hybridized carbons (Fsp3) is 0.562. The van der Waals surface area contributed by atoms with Gasteiger partial charge in [-0.15, -0.1) is 0 Å². The topological polar surface area (TPSA) is 59.0 Å². The molecule has 1 aliphatic heterocycles. The molecular weight excluding hydrogens is 270 g/mol. The summed E-state index contributed by atoms with van der Waals surface area (Å²) in [5.41, 5.74) is 2.44. The van der Waals surface area contributed by atoms with Crippen molar-refractivity contribution in [3.63, 3.8) is 0 Å². The lowest BCUT2D eigenvalue weighted by molar-refractivity contribution is -0.143. The quantitative estimate of drug-likeness (QED) is 0.899. The van der Waals surface area contributed by atoms with Crippen LogP contribution in [0.1, 0.15) is 24.5 Å². The van der Waals surface area contributed by atoms with Gasteiger partial charge in [-0.25, -0.2) is 0 Å². The molecule has 1 aromatic carbocycles. The average molecular weight is 293 g/mol. The van der Waals surface area contributed by atoms with Gasteiger partial charge >= 0.3 is 5.97 Å². The van der Waals surface area contributed by atoms with Crippen LogP contribution in [0.4, 0.5) is 0 Å². The molecule has 1 aliphatic rings. The van der Waals surface area contributed by atoms with Crippen LogP contribution < -0.4 is 9.47 Å². The van der Waals surface area contributed by atoms with E-state index in [1.54, 1.807) is 14.2 Å². The van der Waals surface area contributed by atoms with Crippen molar-refractivity contribution in [3.8, 4) is 11.5 Å². The van der Waals surface area contributed by atoms with Gasteiger partial charge in [-0.2, -0.15) is 0 Å². The van der Waals surface area contributed by atoms with Crippen LogP contribution in [0.2, 0.25) is 0 Å². The third-order valence-electron chi connectivity index (χ3n) is 4.16. The summed E-state index contributed by atoms with van der Waals surface area (Å²) in [5.74, 6) is 0.726. The first-order valence-corrected chi connectivity index (χ1v) is 7.31. The second kappa shape index (κ2) is 6.80. The van der Waals surface area contributed by atoms with Crippen LogP contribution in [-0.4, -0.2) is 49.3 Å². The van der Waals surface area contributed by atoms with Gasteiger partial charge in [0.1, 0.15) is 6.04 Å². The van der Waals surface area contributed by atoms with Gasteiger partial charge in [0, 0.05) is 13.1 Å². The molecule has 0 unspecified atom stereocenters. The highest BCUT2D eigenvalue weighted by Crippen LogP contribution is 2.32. The van der Waals surface area contributed by atoms with E-state index in [9.17, 15) is 9.90 Å². The summed E-state index contributed by atoms with van der Waals surface area (Å²) >= 11 is 0. The maximum atomic E-state index is 11.3. The highest BCUT2D eigenvalue weighted by Gasteiger charge is 2.26. The monoisotopic (exact) mass is 293 g/mol. The fourth-order valence-corrected chi connectivity index (χ4v) is 2.97. The van der Waals surface area contributed by atoms with Crippen molar-refractivity contribution in [1.29, 1.82) is 0 Å². The number of carbonyl (C=O) groups is 1. The Morgan fingerprint density at radius 2 is 1.67 bits per heavy atom. The molecule has 0 aliphatic carbocycles. The van der Waals surface area contributed by atoms with E-state index < -0.39 is 12.0 Å². The van der Waals surface area contributed by atoms with E-state index in [0.717, 1.165) is 37.4 Å². The number of carboxylic acid groups (broad SMARTS) is 1. The highest BCUT2D eigenvalue weighted by molar-refractivity contribution is 5.73. The summed E-state index contributed by atoms with van der Waals surface area (Å²) in [6.45, 7) is 3.43. The van der Waals surface area contributed by atoms with Crippen LogP contribution in [0.3, 0.4) is 0 Å². The molecule has 0 saturated heterocycles. The minimum Gasteiger partial charge on any atom is -0.493 e. The second-order valence-electron chi connectivity index (χ2n) is 5.27. The van der Waals surface area contributed by atoms with Crippen LogP contribution in [0.5, 0.6) is 11.5 Å². The molecule has 0 fully saturated rings. The number of hydrogen-bond donors (Lipinski definition) is 1. The lowest BCUT2D eigenvalue weighted by Crippen LogP contribution is -2.42. The number of fused-ring (bicyclic) bond motifs is 1. The molecule has 1 N–H and O–H groups in total. The summed E-state index contributed by atoms with van der Waals surface area (Å²) in [7, 11) is 3.26. The van der Waals surface area contributed by atoms with Gasteiger partial charge < -0.3 is 14.6 Å². The number of aliphatic carboxylic acids is 1. The largest absolute Gasteiger partial charge is 0.493 e. The molecule has 2 rings (SSSR count). The smallest absolute Gasteiger partial charge is 0.320 e. The number of carboxylic acids is 1. The van der Waals surface area contributed by atoms with Gasteiger partial charge in [-0.3, -0.25) is 9.69 Å². The lowest BCUT2D eigenvalue weighted by atomic mass is 10.0. The zero-order valence-electron chi connectivity index (χ0n) is 12.9. The first-order chi connectivity index (χ1) is 10.1. The summed E-state index contributed by atoms with van der Waals surface area (Å²) < 4.78 is 10.7. The average Bonchev–Trinajstić information content (AvgIpc) is 2.68. The predicted octanol–water partition coefficient (Wildman–Crippen LogP) is 1.97. The predicted molar refractivity (Wildman–Crippen MR) is 80.2 cm³/mol. The number of methoxy groups -OCH3 is 2. The number of nitrogens with zero attached hydrogens (tertiary/aromatic N) is 1. The van der Waals surface area contributed by atoms with Gasteiger partial charge in [0.25, 0.3) is 0 Å². The Kier molecular flexibility index (Phi) is 5.07. The minimum absolute atomic E-state index is 0.400. The minimum atomic E-state index is -0.737. The van der Waals surface area contributed by atoms with E-state index in [4.69, 9.17) is 9.47 Å². The summed E-state index contributed by atoms with van der Waals surface area (Å²) in [4.78, 5) is 13.4. The van der Waals surface area contributed by atoms with Gasteiger partial charge in [-0.05, 0) is 42.5 Å². The van der Waals surface area contributed by atoms with Crippen molar-refractivity contribution >= 4 is 5.97 Å². The molecule has 0 spiro atoms. The summed E-state index contributed by atoms with van der Waals surface area (Å²) in [6.07, 6.45) is 2.29. The lowest BCUT2D eigenvalue weighted by Gasteiger charge is -2.26. The molecule has 5 heteroatoms. The van der Waals surface area contributed by atoms with E-state index in [2.05, 4.69) is 4.90 Å². The second-order valence-corrected chi connectivity index (χ2v) is 5.27. The number of benzene rings is 1.